The number of hydrogen-bond donors (Lipinski definition) is 1. The summed E-state index contributed by atoms with van der Waals surface area (Å²) in [6.07, 6.45) is 29.3. The van der Waals surface area contributed by atoms with Gasteiger partial charge in [-0.2, -0.15) is 0 Å². The average Bonchev–Trinajstić information content (AvgIpc) is 2.75. The molecule has 1 N–H and O–H groups in total. The Labute approximate surface area is 196 Å². The maximum absolute atomic E-state index is 12.0. The van der Waals surface area contributed by atoms with E-state index in [-0.39, 0.29) is 5.91 Å². The van der Waals surface area contributed by atoms with E-state index in [1.165, 1.54) is 116 Å². The molecule has 31 heavy (non-hydrogen) atoms. The molecule has 0 aliphatic carbocycles. The van der Waals surface area contributed by atoms with Crippen LogP contribution in [-0.2, 0) is 4.79 Å². The largest absolute Gasteiger partial charge is 0.289 e. The van der Waals surface area contributed by atoms with Gasteiger partial charge in [-0.05, 0) is 19.3 Å². The fraction of sp³-hybridized carbons (Fsp3) is 0.964. The Kier molecular flexibility index (Phi) is 25.2. The predicted molar refractivity (Wildman–Crippen MR) is 138 cm³/mol. The highest BCUT2D eigenvalue weighted by molar-refractivity contribution is 5.75. The minimum Gasteiger partial charge on any atom is -0.289 e. The Balaban J connectivity index is 3.23. The van der Waals surface area contributed by atoms with E-state index in [4.69, 9.17) is 0 Å². The second-order valence-electron chi connectivity index (χ2n) is 9.64. The summed E-state index contributed by atoms with van der Waals surface area (Å²) in [5, 5.41) is 2.08. The zero-order valence-electron chi connectivity index (χ0n) is 21.8. The third kappa shape index (κ3) is 23.9. The minimum absolute atomic E-state index is 0.203. The molecule has 0 aliphatic rings. The molecule has 0 aromatic carbocycles. The fourth-order valence-electron chi connectivity index (χ4n) is 4.36. The monoisotopic (exact) mass is 438 g/mol. The van der Waals surface area contributed by atoms with Gasteiger partial charge in [-0.3, -0.25) is 10.2 Å². The summed E-state index contributed by atoms with van der Waals surface area (Å²) in [6.45, 7) is 8.53. The van der Waals surface area contributed by atoms with Gasteiger partial charge in [0.05, 0.1) is 0 Å². The normalized spacial score (nSPS) is 11.4. The van der Waals surface area contributed by atoms with Gasteiger partial charge in [0.2, 0.25) is 5.91 Å². The molecule has 0 unspecified atom stereocenters. The maximum Gasteiger partial charge on any atom is 0.234 e. The van der Waals surface area contributed by atoms with Crippen LogP contribution in [0.5, 0.6) is 0 Å². The van der Waals surface area contributed by atoms with Crippen molar-refractivity contribution in [1.29, 1.82) is 0 Å². The number of unbranched alkanes of at least 4 members (excludes halogenated alkanes) is 18. The van der Waals surface area contributed by atoms with Crippen molar-refractivity contribution in [1.82, 2.24) is 10.4 Å². The zero-order valence-corrected chi connectivity index (χ0v) is 21.8. The highest BCUT2D eigenvalue weighted by Crippen LogP contribution is 2.14. The van der Waals surface area contributed by atoms with E-state index >= 15 is 0 Å². The van der Waals surface area contributed by atoms with Gasteiger partial charge in [-0.15, -0.1) is 0 Å². The van der Waals surface area contributed by atoms with E-state index in [0.717, 1.165) is 32.4 Å². The molecule has 0 aromatic rings. The Hall–Kier alpha value is -0.570. The average molecular weight is 439 g/mol. The SMILES string of the molecule is CCCCCCCCCCCCCCCCCCCCCC(=O)NN(CCC)CCC. The molecule has 0 spiro atoms. The lowest BCUT2D eigenvalue weighted by Crippen LogP contribution is -2.42. The van der Waals surface area contributed by atoms with Crippen molar-refractivity contribution >= 4 is 5.91 Å². The first-order chi connectivity index (χ1) is 15.2. The fourth-order valence-corrected chi connectivity index (χ4v) is 4.36. The quantitative estimate of drug-likeness (QED) is 0.114. The molecule has 0 aliphatic heterocycles. The molecule has 0 heterocycles. The summed E-state index contributed by atoms with van der Waals surface area (Å²) in [7, 11) is 0. The molecule has 0 bridgehead atoms. The van der Waals surface area contributed by atoms with Crippen LogP contribution in [0, 0.1) is 0 Å². The summed E-state index contributed by atoms with van der Waals surface area (Å²) in [6, 6.07) is 0. The van der Waals surface area contributed by atoms with Gasteiger partial charge < -0.3 is 0 Å². The summed E-state index contributed by atoms with van der Waals surface area (Å²) < 4.78 is 0. The number of carbonyl (C=O) groups excluding carboxylic acids is 1. The number of nitrogens with one attached hydrogen (secondary N) is 1. The summed E-state index contributed by atoms with van der Waals surface area (Å²) in [4.78, 5) is 12.0. The van der Waals surface area contributed by atoms with Gasteiger partial charge in [0.15, 0.2) is 0 Å². The second-order valence-corrected chi connectivity index (χ2v) is 9.64. The van der Waals surface area contributed by atoms with E-state index in [0.29, 0.717) is 6.42 Å². The van der Waals surface area contributed by atoms with Crippen LogP contribution in [0.2, 0.25) is 0 Å². The van der Waals surface area contributed by atoms with Gasteiger partial charge in [-0.25, -0.2) is 5.01 Å². The first-order valence-electron chi connectivity index (χ1n) is 14.3. The predicted octanol–water partition coefficient (Wildman–Crippen LogP) is 8.96. The first kappa shape index (κ1) is 30.4. The maximum atomic E-state index is 12.0. The minimum atomic E-state index is 0.203. The van der Waals surface area contributed by atoms with Crippen LogP contribution >= 0.6 is 0 Å². The standard InChI is InChI=1S/C28H58N2O/c1-4-7-8-9-10-11-12-13-14-15-16-17-18-19-20-21-22-23-24-25-28(31)29-30(26-5-2)27-6-3/h4-27H2,1-3H3,(H,29,31). The summed E-state index contributed by atoms with van der Waals surface area (Å²) in [5.74, 6) is 0.203. The molecule has 0 saturated carbocycles. The lowest BCUT2D eigenvalue weighted by molar-refractivity contribution is -0.126. The smallest absolute Gasteiger partial charge is 0.234 e. The van der Waals surface area contributed by atoms with E-state index < -0.39 is 0 Å². The van der Waals surface area contributed by atoms with Crippen LogP contribution in [0.1, 0.15) is 162 Å². The van der Waals surface area contributed by atoms with Crippen LogP contribution in [0.25, 0.3) is 0 Å². The van der Waals surface area contributed by atoms with Gasteiger partial charge in [0.25, 0.3) is 0 Å². The topological polar surface area (TPSA) is 32.3 Å². The van der Waals surface area contributed by atoms with Gasteiger partial charge in [-0.1, -0.05) is 136 Å². The Morgan fingerprint density at radius 1 is 0.484 bits per heavy atom. The van der Waals surface area contributed by atoms with Crippen molar-refractivity contribution < 1.29 is 4.79 Å². The third-order valence-electron chi connectivity index (χ3n) is 6.28. The molecule has 1 amide bonds. The molecular formula is C28H58N2O. The number of hydrogen-bond acceptors (Lipinski definition) is 2. The number of carbonyl (C=O) groups is 1. The number of hydrazine groups is 1. The van der Waals surface area contributed by atoms with Crippen LogP contribution in [0.3, 0.4) is 0 Å². The molecular weight excluding hydrogens is 380 g/mol. The summed E-state index contributed by atoms with van der Waals surface area (Å²) >= 11 is 0. The Morgan fingerprint density at radius 2 is 0.806 bits per heavy atom. The van der Waals surface area contributed by atoms with Crippen molar-refractivity contribution in [3.05, 3.63) is 0 Å². The van der Waals surface area contributed by atoms with Gasteiger partial charge >= 0.3 is 0 Å². The van der Waals surface area contributed by atoms with E-state index in [9.17, 15) is 4.79 Å². The van der Waals surface area contributed by atoms with Crippen molar-refractivity contribution in [2.45, 2.75) is 162 Å². The molecule has 0 saturated heterocycles. The lowest BCUT2D eigenvalue weighted by Gasteiger charge is -2.21. The molecule has 0 fully saturated rings. The van der Waals surface area contributed by atoms with Crippen LogP contribution in [-0.4, -0.2) is 24.0 Å². The number of amides is 1. The van der Waals surface area contributed by atoms with Crippen LogP contribution in [0.4, 0.5) is 0 Å². The Morgan fingerprint density at radius 3 is 1.13 bits per heavy atom. The molecule has 0 atom stereocenters. The van der Waals surface area contributed by atoms with E-state index in [1.54, 1.807) is 0 Å². The molecule has 186 valence electrons. The highest BCUT2D eigenvalue weighted by Gasteiger charge is 2.07. The van der Waals surface area contributed by atoms with Crippen LogP contribution in [0.15, 0.2) is 0 Å². The highest BCUT2D eigenvalue weighted by atomic mass is 16.2. The molecule has 0 rings (SSSR count). The van der Waals surface area contributed by atoms with Crippen molar-refractivity contribution in [2.75, 3.05) is 13.1 Å². The molecule has 3 nitrogen and oxygen atoms in total. The Bertz CT molecular complexity index is 353. The molecule has 0 radical (unpaired) electrons. The van der Waals surface area contributed by atoms with E-state index in [2.05, 4.69) is 31.2 Å². The molecule has 3 heteroatoms. The van der Waals surface area contributed by atoms with Gasteiger partial charge in [0, 0.05) is 19.5 Å². The number of nitrogens with zero attached hydrogens (tertiary/aromatic N) is 1. The lowest BCUT2D eigenvalue weighted by atomic mass is 10.0. The van der Waals surface area contributed by atoms with Crippen molar-refractivity contribution in [3.63, 3.8) is 0 Å². The third-order valence-corrected chi connectivity index (χ3v) is 6.28. The molecule has 0 aromatic heterocycles. The van der Waals surface area contributed by atoms with Crippen molar-refractivity contribution in [3.8, 4) is 0 Å². The first-order valence-corrected chi connectivity index (χ1v) is 14.3. The van der Waals surface area contributed by atoms with Gasteiger partial charge in [0.1, 0.15) is 0 Å². The second kappa shape index (κ2) is 25.7. The van der Waals surface area contributed by atoms with E-state index in [1.807, 2.05) is 0 Å². The zero-order chi connectivity index (χ0) is 22.8. The van der Waals surface area contributed by atoms with Crippen LogP contribution < -0.4 is 5.43 Å². The number of rotatable bonds is 25. The van der Waals surface area contributed by atoms with Crippen molar-refractivity contribution in [2.24, 2.45) is 0 Å². The summed E-state index contributed by atoms with van der Waals surface area (Å²) in [5.41, 5.74) is 3.07.